The van der Waals surface area contributed by atoms with E-state index >= 15 is 0 Å². The van der Waals surface area contributed by atoms with Gasteiger partial charge in [0.2, 0.25) is 0 Å². The van der Waals surface area contributed by atoms with Crippen LogP contribution in [-0.2, 0) is 0 Å². The van der Waals surface area contributed by atoms with E-state index in [1.54, 1.807) is 17.0 Å². The van der Waals surface area contributed by atoms with Gasteiger partial charge < -0.3 is 0 Å². The van der Waals surface area contributed by atoms with E-state index in [-0.39, 0.29) is 6.03 Å². The highest BCUT2D eigenvalue weighted by molar-refractivity contribution is 5.78. The van der Waals surface area contributed by atoms with Crippen molar-refractivity contribution >= 4 is 6.03 Å². The summed E-state index contributed by atoms with van der Waals surface area (Å²) in [7, 11) is 1.77. The zero-order valence-electron chi connectivity index (χ0n) is 7.29. The maximum absolute atomic E-state index is 11.5. The summed E-state index contributed by atoms with van der Waals surface area (Å²) in [6.45, 7) is 5.62. The normalized spacial score (nSPS) is 23.6. The van der Waals surface area contributed by atoms with E-state index in [0.29, 0.717) is 0 Å². The number of rotatable bonds is 0. The van der Waals surface area contributed by atoms with Crippen molar-refractivity contribution in [1.82, 2.24) is 14.9 Å². The molecule has 0 radical (unpaired) electrons. The van der Waals surface area contributed by atoms with Crippen LogP contribution in [0.2, 0.25) is 0 Å². The molecular weight excluding hydrogens is 154 g/mol. The van der Waals surface area contributed by atoms with Crippen LogP contribution in [0.4, 0.5) is 4.79 Å². The predicted molar refractivity (Wildman–Crippen MR) is 44.9 cm³/mol. The van der Waals surface area contributed by atoms with Gasteiger partial charge in [-0.15, -0.1) is 0 Å². The van der Waals surface area contributed by atoms with Crippen LogP contribution in [0.5, 0.6) is 0 Å². The van der Waals surface area contributed by atoms with E-state index < -0.39 is 0 Å². The number of nitrogens with zero attached hydrogens (tertiary/aromatic N) is 3. The first-order chi connectivity index (χ1) is 5.72. The number of carbonyl (C=O) groups is 1. The first-order valence-electron chi connectivity index (χ1n) is 4.23. The van der Waals surface area contributed by atoms with Gasteiger partial charge in [0, 0.05) is 20.1 Å². The number of amides is 2. The van der Waals surface area contributed by atoms with Crippen LogP contribution in [0, 0.1) is 0 Å². The van der Waals surface area contributed by atoms with Crippen LogP contribution in [0.3, 0.4) is 0 Å². The molecule has 0 atom stereocenters. The molecule has 0 bridgehead atoms. The molecule has 2 saturated heterocycles. The molecule has 0 aromatic rings. The molecule has 2 amide bonds. The van der Waals surface area contributed by atoms with Gasteiger partial charge in [0.05, 0.1) is 0 Å². The zero-order valence-corrected chi connectivity index (χ0v) is 7.29. The number of carbonyl (C=O) groups excluding carboxylic acids is 1. The molecule has 0 N–H and O–H groups in total. The number of hydrogen-bond donors (Lipinski definition) is 0. The number of hydrazine groups is 1. The van der Waals surface area contributed by atoms with Gasteiger partial charge in [-0.2, -0.15) is 0 Å². The Morgan fingerprint density at radius 3 is 2.42 bits per heavy atom. The SMILES string of the molecule is C=C1N(C)C(=O)N2CCCCN12. The molecule has 2 heterocycles. The van der Waals surface area contributed by atoms with Crippen molar-refractivity contribution in [2.24, 2.45) is 0 Å². The van der Waals surface area contributed by atoms with Gasteiger partial charge in [0.1, 0.15) is 5.82 Å². The van der Waals surface area contributed by atoms with Crippen molar-refractivity contribution < 1.29 is 4.79 Å². The van der Waals surface area contributed by atoms with Gasteiger partial charge in [-0.25, -0.2) is 9.80 Å². The molecule has 2 fully saturated rings. The monoisotopic (exact) mass is 167 g/mol. The van der Waals surface area contributed by atoms with Gasteiger partial charge in [-0.05, 0) is 12.8 Å². The highest BCUT2D eigenvalue weighted by atomic mass is 16.2. The highest BCUT2D eigenvalue weighted by Crippen LogP contribution is 2.25. The lowest BCUT2D eigenvalue weighted by Gasteiger charge is -2.32. The molecule has 0 aromatic heterocycles. The van der Waals surface area contributed by atoms with Crippen LogP contribution in [0.25, 0.3) is 0 Å². The second kappa shape index (κ2) is 2.40. The Morgan fingerprint density at radius 2 is 1.83 bits per heavy atom. The van der Waals surface area contributed by atoms with Crippen LogP contribution >= 0.6 is 0 Å². The lowest BCUT2D eigenvalue weighted by molar-refractivity contribution is 0.0500. The van der Waals surface area contributed by atoms with Crippen molar-refractivity contribution in [2.75, 3.05) is 20.1 Å². The third-order valence-electron chi connectivity index (χ3n) is 2.47. The second-order valence-corrected chi connectivity index (χ2v) is 3.21. The van der Waals surface area contributed by atoms with Gasteiger partial charge in [-0.1, -0.05) is 6.58 Å². The fourth-order valence-corrected chi connectivity index (χ4v) is 1.69. The molecule has 0 unspecified atom stereocenters. The number of fused-ring (bicyclic) bond motifs is 1. The molecule has 0 aromatic carbocycles. The molecule has 0 saturated carbocycles. The Balaban J connectivity index is 2.25. The molecular formula is C8H13N3O. The van der Waals surface area contributed by atoms with Crippen LogP contribution < -0.4 is 0 Å². The van der Waals surface area contributed by atoms with Gasteiger partial charge in [0.25, 0.3) is 0 Å². The van der Waals surface area contributed by atoms with Crippen LogP contribution in [-0.4, -0.2) is 41.1 Å². The number of hydrogen-bond acceptors (Lipinski definition) is 2. The quantitative estimate of drug-likeness (QED) is 0.534. The van der Waals surface area contributed by atoms with E-state index in [9.17, 15) is 4.79 Å². The molecule has 2 rings (SSSR count). The van der Waals surface area contributed by atoms with Gasteiger partial charge in [-0.3, -0.25) is 9.91 Å². The van der Waals surface area contributed by atoms with E-state index in [1.807, 2.05) is 5.01 Å². The summed E-state index contributed by atoms with van der Waals surface area (Å²) in [5, 5.41) is 3.73. The van der Waals surface area contributed by atoms with Crippen molar-refractivity contribution in [3.05, 3.63) is 12.4 Å². The van der Waals surface area contributed by atoms with E-state index in [1.165, 1.54) is 0 Å². The largest absolute Gasteiger partial charge is 0.344 e. The summed E-state index contributed by atoms with van der Waals surface area (Å²) in [5.74, 6) is 0.805. The van der Waals surface area contributed by atoms with Gasteiger partial charge in [0.15, 0.2) is 0 Å². The Morgan fingerprint density at radius 1 is 1.25 bits per heavy atom. The van der Waals surface area contributed by atoms with Crippen molar-refractivity contribution in [1.29, 1.82) is 0 Å². The minimum atomic E-state index is 0.0553. The van der Waals surface area contributed by atoms with E-state index in [0.717, 1.165) is 31.8 Å². The lowest BCUT2D eigenvalue weighted by atomic mass is 10.2. The molecule has 4 heteroatoms. The topological polar surface area (TPSA) is 26.8 Å². The third kappa shape index (κ3) is 0.807. The standard InChI is InChI=1S/C8H13N3O/c1-7-9(2)8(12)11-6-4-3-5-10(7)11/h1,3-6H2,2H3. The minimum Gasteiger partial charge on any atom is -0.281 e. The van der Waals surface area contributed by atoms with Crippen molar-refractivity contribution in [2.45, 2.75) is 12.8 Å². The summed E-state index contributed by atoms with van der Waals surface area (Å²) < 4.78 is 0. The molecule has 4 nitrogen and oxygen atoms in total. The fourth-order valence-electron chi connectivity index (χ4n) is 1.69. The zero-order chi connectivity index (χ0) is 8.72. The van der Waals surface area contributed by atoms with E-state index in [2.05, 4.69) is 6.58 Å². The van der Waals surface area contributed by atoms with E-state index in [4.69, 9.17) is 0 Å². The van der Waals surface area contributed by atoms with Crippen molar-refractivity contribution in [3.63, 3.8) is 0 Å². The molecule has 66 valence electrons. The first kappa shape index (κ1) is 7.46. The molecule has 12 heavy (non-hydrogen) atoms. The lowest BCUT2D eigenvalue weighted by Crippen LogP contribution is -2.42. The first-order valence-corrected chi connectivity index (χ1v) is 4.23. The molecule has 2 aliphatic rings. The fraction of sp³-hybridized carbons (Fsp3) is 0.625. The third-order valence-corrected chi connectivity index (χ3v) is 2.47. The molecule has 0 spiro atoms. The average Bonchev–Trinajstić information content (AvgIpc) is 2.33. The summed E-state index contributed by atoms with van der Waals surface area (Å²) in [6, 6.07) is 0.0553. The predicted octanol–water partition coefficient (Wildman–Crippen LogP) is 0.836. The highest BCUT2D eigenvalue weighted by Gasteiger charge is 2.37. The number of urea groups is 1. The summed E-state index contributed by atoms with van der Waals surface area (Å²) in [4.78, 5) is 13.1. The maximum Gasteiger partial charge on any atom is 0.344 e. The average molecular weight is 167 g/mol. The molecule has 2 aliphatic heterocycles. The summed E-state index contributed by atoms with van der Waals surface area (Å²) >= 11 is 0. The van der Waals surface area contributed by atoms with Crippen LogP contribution in [0.15, 0.2) is 12.4 Å². The summed E-state index contributed by atoms with van der Waals surface area (Å²) in [6.07, 6.45) is 2.25. The summed E-state index contributed by atoms with van der Waals surface area (Å²) in [5.41, 5.74) is 0. The Bertz CT molecular complexity index is 214. The van der Waals surface area contributed by atoms with Gasteiger partial charge >= 0.3 is 6.03 Å². The van der Waals surface area contributed by atoms with Crippen LogP contribution in [0.1, 0.15) is 12.8 Å². The van der Waals surface area contributed by atoms with Crippen molar-refractivity contribution in [3.8, 4) is 0 Å². The second-order valence-electron chi connectivity index (χ2n) is 3.21. The Hall–Kier alpha value is -1.19. The molecule has 0 aliphatic carbocycles. The smallest absolute Gasteiger partial charge is 0.281 e. The Kier molecular flexibility index (Phi) is 1.49. The Labute approximate surface area is 72.0 Å². The minimum absolute atomic E-state index is 0.0553. The maximum atomic E-state index is 11.5.